The zero-order chi connectivity index (χ0) is 18.1. The van der Waals surface area contributed by atoms with E-state index in [1.165, 1.54) is 18.4 Å². The van der Waals surface area contributed by atoms with Crippen LogP contribution >= 0.6 is 0 Å². The van der Waals surface area contributed by atoms with Gasteiger partial charge in [-0.2, -0.15) is 0 Å². The number of likely N-dealkylation sites (tertiary alicyclic amines) is 1. The van der Waals surface area contributed by atoms with Crippen molar-refractivity contribution in [3.8, 4) is 0 Å². The number of para-hydroxylation sites is 1. The van der Waals surface area contributed by atoms with E-state index in [-0.39, 0.29) is 5.91 Å². The van der Waals surface area contributed by atoms with Crippen molar-refractivity contribution in [3.05, 3.63) is 42.1 Å². The highest BCUT2D eigenvalue weighted by molar-refractivity contribution is 5.86. The van der Waals surface area contributed by atoms with E-state index in [1.54, 1.807) is 0 Å². The number of piperidine rings is 1. The second-order valence-electron chi connectivity index (χ2n) is 7.99. The fourth-order valence-electron chi connectivity index (χ4n) is 4.08. The average Bonchev–Trinajstić information content (AvgIpc) is 3.43. The van der Waals surface area contributed by atoms with Crippen LogP contribution in [0.25, 0.3) is 10.9 Å². The summed E-state index contributed by atoms with van der Waals surface area (Å²) < 4.78 is 0. The molecule has 4 rings (SSSR count). The minimum absolute atomic E-state index is 0.0814. The SMILES string of the molecule is CN(Cc1ccnc2ccccc12)C[C@@]1(O)CCCN(CC2CC2)C1=O. The van der Waals surface area contributed by atoms with Gasteiger partial charge in [0.05, 0.1) is 5.52 Å². The van der Waals surface area contributed by atoms with Crippen molar-refractivity contribution in [2.24, 2.45) is 5.92 Å². The third-order valence-electron chi connectivity index (χ3n) is 5.59. The molecule has 1 saturated heterocycles. The topological polar surface area (TPSA) is 56.7 Å². The first-order chi connectivity index (χ1) is 12.5. The number of amides is 1. The summed E-state index contributed by atoms with van der Waals surface area (Å²) in [7, 11) is 1.97. The van der Waals surface area contributed by atoms with Crippen LogP contribution in [0.1, 0.15) is 31.2 Å². The number of pyridine rings is 1. The van der Waals surface area contributed by atoms with E-state index < -0.39 is 5.60 Å². The zero-order valence-corrected chi connectivity index (χ0v) is 15.4. The minimum Gasteiger partial charge on any atom is -0.379 e. The summed E-state index contributed by atoms with van der Waals surface area (Å²) in [5.41, 5.74) is 0.881. The molecule has 138 valence electrons. The molecule has 5 nitrogen and oxygen atoms in total. The highest BCUT2D eigenvalue weighted by Gasteiger charge is 2.44. The first kappa shape index (κ1) is 17.4. The molecule has 2 aromatic rings. The van der Waals surface area contributed by atoms with E-state index in [0.717, 1.165) is 30.4 Å². The number of nitrogens with zero attached hydrogens (tertiary/aromatic N) is 3. The number of carbonyl (C=O) groups is 1. The van der Waals surface area contributed by atoms with E-state index >= 15 is 0 Å². The number of rotatable bonds is 6. The van der Waals surface area contributed by atoms with Crippen LogP contribution in [0.5, 0.6) is 0 Å². The number of hydrogen-bond donors (Lipinski definition) is 1. The predicted octanol–water partition coefficient (Wildman–Crippen LogP) is 2.43. The zero-order valence-electron chi connectivity index (χ0n) is 15.4. The van der Waals surface area contributed by atoms with Gasteiger partial charge in [0.15, 0.2) is 5.60 Å². The fourth-order valence-corrected chi connectivity index (χ4v) is 4.08. The smallest absolute Gasteiger partial charge is 0.255 e. The maximum Gasteiger partial charge on any atom is 0.255 e. The van der Waals surface area contributed by atoms with Gasteiger partial charge < -0.3 is 10.0 Å². The molecule has 0 spiro atoms. The first-order valence-electron chi connectivity index (χ1n) is 9.58. The number of aliphatic hydroxyl groups is 1. The Labute approximate surface area is 154 Å². The van der Waals surface area contributed by atoms with Crippen LogP contribution in [-0.2, 0) is 11.3 Å². The minimum atomic E-state index is -1.26. The quantitative estimate of drug-likeness (QED) is 0.867. The fraction of sp³-hybridized carbons (Fsp3) is 0.524. The van der Waals surface area contributed by atoms with Crippen LogP contribution in [-0.4, -0.2) is 58.1 Å². The summed E-state index contributed by atoms with van der Waals surface area (Å²) in [5.74, 6) is 0.573. The molecule has 1 atom stereocenters. The maximum atomic E-state index is 12.9. The summed E-state index contributed by atoms with van der Waals surface area (Å²) in [6.07, 6.45) is 5.69. The number of carbonyl (C=O) groups excluding carboxylic acids is 1. The number of hydrogen-bond acceptors (Lipinski definition) is 4. The average molecular weight is 353 g/mol. The Morgan fingerprint density at radius 1 is 1.31 bits per heavy atom. The Kier molecular flexibility index (Phi) is 4.67. The van der Waals surface area contributed by atoms with Crippen LogP contribution in [0.2, 0.25) is 0 Å². The normalized spacial score (nSPS) is 23.8. The van der Waals surface area contributed by atoms with Crippen LogP contribution in [0.3, 0.4) is 0 Å². The summed E-state index contributed by atoms with van der Waals surface area (Å²) in [6, 6.07) is 10.1. The van der Waals surface area contributed by atoms with Gasteiger partial charge in [-0.1, -0.05) is 18.2 Å². The summed E-state index contributed by atoms with van der Waals surface area (Å²) in [5, 5.41) is 12.2. The lowest BCUT2D eigenvalue weighted by molar-refractivity contribution is -0.159. The van der Waals surface area contributed by atoms with Gasteiger partial charge in [-0.05, 0) is 56.3 Å². The third kappa shape index (κ3) is 3.60. The molecule has 1 aromatic carbocycles. The van der Waals surface area contributed by atoms with Crippen LogP contribution < -0.4 is 0 Å². The molecule has 1 N–H and O–H groups in total. The van der Waals surface area contributed by atoms with E-state index in [0.29, 0.717) is 25.4 Å². The van der Waals surface area contributed by atoms with Gasteiger partial charge in [0, 0.05) is 37.8 Å². The van der Waals surface area contributed by atoms with Crippen LogP contribution in [0.4, 0.5) is 0 Å². The standard InChI is InChI=1S/C21H27N3O2/c1-23(14-17-9-11-22-19-6-3-2-5-18(17)19)15-21(26)10-4-12-24(20(21)25)13-16-7-8-16/h2-3,5-6,9,11,16,26H,4,7-8,10,12-15H2,1H3/t21-/m0/s1. The van der Waals surface area contributed by atoms with Crippen LogP contribution in [0.15, 0.2) is 36.5 Å². The molecule has 0 bridgehead atoms. The summed E-state index contributed by atoms with van der Waals surface area (Å²) >= 11 is 0. The maximum absolute atomic E-state index is 12.9. The highest BCUT2D eigenvalue weighted by Crippen LogP contribution is 2.33. The number of likely N-dealkylation sites (N-methyl/N-ethyl adjacent to an activating group) is 1. The molecule has 0 unspecified atom stereocenters. The van der Waals surface area contributed by atoms with E-state index in [2.05, 4.69) is 16.0 Å². The molecule has 2 fully saturated rings. The van der Waals surface area contributed by atoms with Crippen molar-refractivity contribution < 1.29 is 9.90 Å². The Balaban J connectivity index is 1.46. The van der Waals surface area contributed by atoms with Gasteiger partial charge in [0.25, 0.3) is 5.91 Å². The molecule has 1 aromatic heterocycles. The Bertz CT molecular complexity index is 799. The molecule has 1 aliphatic heterocycles. The lowest BCUT2D eigenvalue weighted by Gasteiger charge is -2.40. The molecule has 26 heavy (non-hydrogen) atoms. The van der Waals surface area contributed by atoms with Gasteiger partial charge in [-0.15, -0.1) is 0 Å². The second kappa shape index (κ2) is 6.97. The van der Waals surface area contributed by atoms with Crippen molar-refractivity contribution >= 4 is 16.8 Å². The third-order valence-corrected chi connectivity index (χ3v) is 5.59. The largest absolute Gasteiger partial charge is 0.379 e. The van der Waals surface area contributed by atoms with Gasteiger partial charge in [-0.25, -0.2) is 0 Å². The van der Waals surface area contributed by atoms with Crippen molar-refractivity contribution in [3.63, 3.8) is 0 Å². The lowest BCUT2D eigenvalue weighted by atomic mass is 9.90. The Hall–Kier alpha value is -1.98. The van der Waals surface area contributed by atoms with Crippen molar-refractivity contribution in [1.82, 2.24) is 14.8 Å². The molecule has 1 saturated carbocycles. The molecule has 2 heterocycles. The highest BCUT2D eigenvalue weighted by atomic mass is 16.3. The van der Waals surface area contributed by atoms with E-state index in [1.807, 2.05) is 42.4 Å². The van der Waals surface area contributed by atoms with E-state index in [9.17, 15) is 9.90 Å². The molecule has 5 heteroatoms. The summed E-state index contributed by atoms with van der Waals surface area (Å²) in [4.78, 5) is 21.2. The van der Waals surface area contributed by atoms with Gasteiger partial charge in [-0.3, -0.25) is 14.7 Å². The van der Waals surface area contributed by atoms with Gasteiger partial charge >= 0.3 is 0 Å². The molecule has 1 aliphatic carbocycles. The Morgan fingerprint density at radius 2 is 2.12 bits per heavy atom. The molecular weight excluding hydrogens is 326 g/mol. The number of aromatic nitrogens is 1. The Morgan fingerprint density at radius 3 is 2.92 bits per heavy atom. The number of benzene rings is 1. The monoisotopic (exact) mass is 353 g/mol. The van der Waals surface area contributed by atoms with Crippen molar-refractivity contribution in [2.75, 3.05) is 26.7 Å². The van der Waals surface area contributed by atoms with Crippen LogP contribution in [0, 0.1) is 5.92 Å². The van der Waals surface area contributed by atoms with Gasteiger partial charge in [0.1, 0.15) is 0 Å². The number of fused-ring (bicyclic) bond motifs is 1. The van der Waals surface area contributed by atoms with Crippen molar-refractivity contribution in [1.29, 1.82) is 0 Å². The van der Waals surface area contributed by atoms with Gasteiger partial charge in [0.2, 0.25) is 0 Å². The predicted molar refractivity (Wildman–Crippen MR) is 102 cm³/mol. The lowest BCUT2D eigenvalue weighted by Crippen LogP contribution is -2.58. The molecule has 2 aliphatic rings. The summed E-state index contributed by atoms with van der Waals surface area (Å²) in [6.45, 7) is 2.65. The second-order valence-corrected chi connectivity index (χ2v) is 7.99. The molecular formula is C21H27N3O2. The van der Waals surface area contributed by atoms with E-state index in [4.69, 9.17) is 0 Å². The van der Waals surface area contributed by atoms with Crippen molar-refractivity contribution in [2.45, 2.75) is 37.8 Å². The molecule has 1 amide bonds. The first-order valence-corrected chi connectivity index (χ1v) is 9.58. The molecule has 0 radical (unpaired) electrons.